The van der Waals surface area contributed by atoms with Gasteiger partial charge in [0.2, 0.25) is 5.91 Å². The van der Waals surface area contributed by atoms with Crippen molar-refractivity contribution in [2.24, 2.45) is 5.92 Å². The maximum absolute atomic E-state index is 12.1. The van der Waals surface area contributed by atoms with Crippen molar-refractivity contribution in [1.82, 2.24) is 5.32 Å². The van der Waals surface area contributed by atoms with Crippen molar-refractivity contribution in [2.75, 3.05) is 25.5 Å². The Balaban J connectivity index is 2.06. The molecule has 0 saturated carbocycles. The van der Waals surface area contributed by atoms with Gasteiger partial charge in [0.1, 0.15) is 5.75 Å². The molecule has 1 fully saturated rings. The normalized spacial score (nSPS) is 18.0. The van der Waals surface area contributed by atoms with Crippen LogP contribution in [0.15, 0.2) is 18.2 Å². The van der Waals surface area contributed by atoms with Crippen LogP contribution >= 0.6 is 0 Å². The number of carboxylic acid groups (broad SMARTS) is 1. The van der Waals surface area contributed by atoms with Gasteiger partial charge in [-0.15, -0.1) is 0 Å². The molecule has 1 amide bonds. The molecule has 1 aliphatic heterocycles. The highest BCUT2D eigenvalue weighted by Gasteiger charge is 2.19. The molecular weight excluding hydrogens is 272 g/mol. The Hall–Kier alpha value is -2.08. The largest absolute Gasteiger partial charge is 0.497 e. The lowest BCUT2D eigenvalue weighted by atomic mass is 9.96. The summed E-state index contributed by atoms with van der Waals surface area (Å²) in [6.45, 7) is 1.83. The summed E-state index contributed by atoms with van der Waals surface area (Å²) in [5, 5.41) is 15.1. The Bertz CT molecular complexity index is 524. The van der Waals surface area contributed by atoms with E-state index >= 15 is 0 Å². The van der Waals surface area contributed by atoms with Crippen molar-refractivity contribution in [3.05, 3.63) is 23.8 Å². The van der Waals surface area contributed by atoms with Gasteiger partial charge < -0.3 is 20.5 Å². The van der Waals surface area contributed by atoms with Crippen LogP contribution in [0.5, 0.6) is 5.75 Å². The van der Waals surface area contributed by atoms with E-state index in [0.717, 1.165) is 25.9 Å². The van der Waals surface area contributed by atoms with Crippen LogP contribution in [0.2, 0.25) is 0 Å². The SMILES string of the molecule is COc1ccc(C(=O)O)c(NC(=O)CC2CCCNC2)c1. The van der Waals surface area contributed by atoms with E-state index in [9.17, 15) is 9.59 Å². The number of aromatic carboxylic acids is 1. The Morgan fingerprint density at radius 3 is 2.90 bits per heavy atom. The van der Waals surface area contributed by atoms with Crippen LogP contribution in [0, 0.1) is 5.92 Å². The summed E-state index contributed by atoms with van der Waals surface area (Å²) in [6, 6.07) is 4.52. The van der Waals surface area contributed by atoms with Crippen molar-refractivity contribution in [3.63, 3.8) is 0 Å². The molecule has 1 aromatic carbocycles. The third-order valence-electron chi connectivity index (χ3n) is 3.60. The van der Waals surface area contributed by atoms with E-state index in [2.05, 4.69) is 10.6 Å². The van der Waals surface area contributed by atoms with E-state index < -0.39 is 5.97 Å². The smallest absolute Gasteiger partial charge is 0.337 e. The molecule has 3 N–H and O–H groups in total. The third kappa shape index (κ3) is 4.19. The zero-order valence-electron chi connectivity index (χ0n) is 12.0. The molecule has 114 valence electrons. The first-order valence-electron chi connectivity index (χ1n) is 7.02. The van der Waals surface area contributed by atoms with Gasteiger partial charge in [-0.25, -0.2) is 4.79 Å². The Labute approximate surface area is 123 Å². The summed E-state index contributed by atoms with van der Waals surface area (Å²) in [5.74, 6) is -0.431. The second-order valence-corrected chi connectivity index (χ2v) is 5.18. The van der Waals surface area contributed by atoms with Gasteiger partial charge >= 0.3 is 5.97 Å². The van der Waals surface area contributed by atoms with Gasteiger partial charge in [0.15, 0.2) is 0 Å². The summed E-state index contributed by atoms with van der Waals surface area (Å²) < 4.78 is 5.07. The number of amides is 1. The van der Waals surface area contributed by atoms with Gasteiger partial charge in [-0.05, 0) is 44.0 Å². The highest BCUT2D eigenvalue weighted by Crippen LogP contribution is 2.23. The number of ether oxygens (including phenoxy) is 1. The van der Waals surface area contributed by atoms with Crippen molar-refractivity contribution < 1.29 is 19.4 Å². The van der Waals surface area contributed by atoms with Crippen LogP contribution < -0.4 is 15.4 Å². The minimum atomic E-state index is -1.08. The molecule has 0 aromatic heterocycles. The summed E-state index contributed by atoms with van der Waals surface area (Å²) in [4.78, 5) is 23.3. The number of rotatable bonds is 5. The molecule has 0 aliphatic carbocycles. The van der Waals surface area contributed by atoms with E-state index in [0.29, 0.717) is 18.1 Å². The summed E-state index contributed by atoms with van der Waals surface area (Å²) in [6.07, 6.45) is 2.48. The van der Waals surface area contributed by atoms with Crippen molar-refractivity contribution >= 4 is 17.6 Å². The molecule has 2 rings (SSSR count). The number of anilines is 1. The second kappa shape index (κ2) is 7.08. The number of carboxylic acids is 1. The molecule has 1 heterocycles. The summed E-state index contributed by atoms with van der Waals surface area (Å²) in [7, 11) is 1.50. The first-order chi connectivity index (χ1) is 10.1. The molecule has 1 aromatic rings. The average Bonchev–Trinajstić information content (AvgIpc) is 2.47. The van der Waals surface area contributed by atoms with E-state index in [1.54, 1.807) is 6.07 Å². The molecule has 6 heteroatoms. The summed E-state index contributed by atoms with van der Waals surface area (Å²) in [5.41, 5.74) is 0.335. The molecule has 0 radical (unpaired) electrons. The first-order valence-corrected chi connectivity index (χ1v) is 7.02. The second-order valence-electron chi connectivity index (χ2n) is 5.18. The average molecular weight is 292 g/mol. The van der Waals surface area contributed by atoms with Crippen LogP contribution in [0.3, 0.4) is 0 Å². The first kappa shape index (κ1) is 15.3. The number of methoxy groups -OCH3 is 1. The number of carbonyl (C=O) groups excluding carboxylic acids is 1. The highest BCUT2D eigenvalue weighted by atomic mass is 16.5. The zero-order valence-corrected chi connectivity index (χ0v) is 12.0. The quantitative estimate of drug-likeness (QED) is 0.769. The van der Waals surface area contributed by atoms with E-state index in [4.69, 9.17) is 9.84 Å². The minimum absolute atomic E-state index is 0.0610. The monoisotopic (exact) mass is 292 g/mol. The predicted octanol–water partition coefficient (Wildman–Crippen LogP) is 1.72. The fraction of sp³-hybridized carbons (Fsp3) is 0.467. The molecule has 1 atom stereocenters. The van der Waals surface area contributed by atoms with Crippen LogP contribution in [0.25, 0.3) is 0 Å². The molecule has 1 unspecified atom stereocenters. The Morgan fingerprint density at radius 1 is 1.48 bits per heavy atom. The fourth-order valence-corrected chi connectivity index (χ4v) is 2.50. The zero-order chi connectivity index (χ0) is 15.2. The van der Waals surface area contributed by atoms with E-state index in [1.807, 2.05) is 0 Å². The van der Waals surface area contributed by atoms with Gasteiger partial charge in [-0.3, -0.25) is 4.79 Å². The molecule has 0 bridgehead atoms. The standard InChI is InChI=1S/C15H20N2O4/c1-21-11-4-5-12(15(19)20)13(8-11)17-14(18)7-10-3-2-6-16-9-10/h4-5,8,10,16H,2-3,6-7,9H2,1H3,(H,17,18)(H,19,20). The van der Waals surface area contributed by atoms with Gasteiger partial charge in [0.05, 0.1) is 18.4 Å². The lowest BCUT2D eigenvalue weighted by Crippen LogP contribution is -2.32. The van der Waals surface area contributed by atoms with Crippen molar-refractivity contribution in [1.29, 1.82) is 0 Å². The number of carbonyl (C=O) groups is 2. The van der Waals surface area contributed by atoms with Crippen LogP contribution in [-0.2, 0) is 4.79 Å². The van der Waals surface area contributed by atoms with Crippen LogP contribution in [0.4, 0.5) is 5.69 Å². The minimum Gasteiger partial charge on any atom is -0.497 e. The molecule has 6 nitrogen and oxygen atoms in total. The maximum Gasteiger partial charge on any atom is 0.337 e. The molecule has 21 heavy (non-hydrogen) atoms. The molecular formula is C15H20N2O4. The van der Waals surface area contributed by atoms with Crippen molar-refractivity contribution in [3.8, 4) is 5.75 Å². The Kier molecular flexibility index (Phi) is 5.16. The topological polar surface area (TPSA) is 87.7 Å². The number of hydrogen-bond donors (Lipinski definition) is 3. The van der Waals surface area contributed by atoms with E-state index in [-0.39, 0.29) is 17.2 Å². The lowest BCUT2D eigenvalue weighted by Gasteiger charge is -2.22. The fourth-order valence-electron chi connectivity index (χ4n) is 2.50. The number of nitrogens with one attached hydrogen (secondary N) is 2. The van der Waals surface area contributed by atoms with Gasteiger partial charge in [-0.2, -0.15) is 0 Å². The predicted molar refractivity (Wildman–Crippen MR) is 78.8 cm³/mol. The van der Waals surface area contributed by atoms with Crippen LogP contribution in [0.1, 0.15) is 29.6 Å². The van der Waals surface area contributed by atoms with E-state index in [1.165, 1.54) is 19.2 Å². The number of piperidine rings is 1. The molecule has 1 saturated heterocycles. The van der Waals surface area contributed by atoms with Crippen LogP contribution in [-0.4, -0.2) is 37.2 Å². The molecule has 0 spiro atoms. The summed E-state index contributed by atoms with van der Waals surface area (Å²) >= 11 is 0. The maximum atomic E-state index is 12.1. The highest BCUT2D eigenvalue weighted by molar-refractivity contribution is 6.00. The van der Waals surface area contributed by atoms with Gasteiger partial charge in [0.25, 0.3) is 0 Å². The molecule has 1 aliphatic rings. The van der Waals surface area contributed by atoms with Gasteiger partial charge in [0, 0.05) is 12.5 Å². The van der Waals surface area contributed by atoms with Gasteiger partial charge in [-0.1, -0.05) is 0 Å². The number of hydrogen-bond acceptors (Lipinski definition) is 4. The van der Waals surface area contributed by atoms with Crippen molar-refractivity contribution in [2.45, 2.75) is 19.3 Å². The Morgan fingerprint density at radius 2 is 2.29 bits per heavy atom. The third-order valence-corrected chi connectivity index (χ3v) is 3.60. The lowest BCUT2D eigenvalue weighted by molar-refractivity contribution is -0.117. The number of benzene rings is 1.